The Morgan fingerprint density at radius 2 is 1.88 bits per heavy atom. The topological polar surface area (TPSA) is 87.5 Å². The molecule has 0 aliphatic carbocycles. The number of aliphatic hydroxyl groups is 1. The minimum absolute atomic E-state index is 0.0960. The Morgan fingerprint density at radius 1 is 1.21 bits per heavy atom. The Hall–Kier alpha value is -2.95. The smallest absolute Gasteiger partial charge is 0.374 e. The van der Waals surface area contributed by atoms with Gasteiger partial charge < -0.3 is 19.9 Å². The first-order valence-corrected chi connectivity index (χ1v) is 10.6. The third-order valence-electron chi connectivity index (χ3n) is 5.94. The highest BCUT2D eigenvalue weighted by atomic mass is 19.4. The lowest BCUT2D eigenvalue weighted by Crippen LogP contribution is -2.50. The van der Waals surface area contributed by atoms with Crippen LogP contribution < -0.4 is 5.32 Å². The lowest BCUT2D eigenvalue weighted by atomic mass is 9.93. The molecule has 2 heterocycles. The number of aromatic nitrogens is 2. The van der Waals surface area contributed by atoms with Crippen LogP contribution in [0.3, 0.4) is 0 Å². The van der Waals surface area contributed by atoms with Gasteiger partial charge >= 0.3 is 6.18 Å². The maximum atomic E-state index is 13.7. The maximum absolute atomic E-state index is 13.7. The summed E-state index contributed by atoms with van der Waals surface area (Å²) >= 11 is 0. The summed E-state index contributed by atoms with van der Waals surface area (Å²) in [7, 11) is 1.31. The number of hydrogen-bond acceptors (Lipinski definition) is 4. The minimum Gasteiger partial charge on any atom is -0.374 e. The fourth-order valence-corrected chi connectivity index (χ4v) is 3.96. The molecule has 3 rings (SSSR count). The first-order chi connectivity index (χ1) is 15.5. The van der Waals surface area contributed by atoms with E-state index in [1.807, 2.05) is 0 Å². The van der Waals surface area contributed by atoms with Crippen molar-refractivity contribution < 1.29 is 32.3 Å². The molecule has 2 N–H and O–H groups in total. The zero-order valence-corrected chi connectivity index (χ0v) is 18.1. The fraction of sp³-hybridized carbons (Fsp3) is 0.500. The number of nitrogens with zero attached hydrogens (tertiary/aromatic N) is 3. The van der Waals surface area contributed by atoms with E-state index < -0.39 is 35.8 Å². The number of nitrogens with one attached hydrogen (secondary N) is 1. The molecule has 1 aromatic heterocycles. The van der Waals surface area contributed by atoms with Crippen LogP contribution in [0.4, 0.5) is 17.6 Å². The van der Waals surface area contributed by atoms with E-state index >= 15 is 0 Å². The summed E-state index contributed by atoms with van der Waals surface area (Å²) in [5.41, 5.74) is -2.92. The first-order valence-electron chi connectivity index (χ1n) is 10.6. The van der Waals surface area contributed by atoms with E-state index in [9.17, 15) is 32.3 Å². The number of likely N-dealkylation sites (tertiary alicyclic amines) is 1. The molecular weight excluding hydrogens is 444 g/mol. The molecule has 33 heavy (non-hydrogen) atoms. The SMILES string of the molecule is Cn1ccnc1C(O)(CC(=O)N1CCC(C(=O)NCCc2ccccc2F)CC1)C(F)(F)F. The second-order valence-corrected chi connectivity index (χ2v) is 8.18. The van der Waals surface area contributed by atoms with Crippen molar-refractivity contribution in [1.29, 1.82) is 0 Å². The average Bonchev–Trinajstić information content (AvgIpc) is 3.20. The summed E-state index contributed by atoms with van der Waals surface area (Å²) in [5, 5.41) is 13.1. The van der Waals surface area contributed by atoms with E-state index in [1.54, 1.807) is 18.2 Å². The number of benzene rings is 1. The van der Waals surface area contributed by atoms with E-state index in [0.29, 0.717) is 12.0 Å². The number of alkyl halides is 3. The Balaban J connectivity index is 1.52. The van der Waals surface area contributed by atoms with Crippen LogP contribution in [-0.2, 0) is 28.7 Å². The van der Waals surface area contributed by atoms with Gasteiger partial charge in [-0.1, -0.05) is 18.2 Å². The van der Waals surface area contributed by atoms with Gasteiger partial charge in [0, 0.05) is 45.0 Å². The number of piperidine rings is 1. The van der Waals surface area contributed by atoms with Crippen LogP contribution in [0, 0.1) is 11.7 Å². The molecule has 1 atom stereocenters. The highest BCUT2D eigenvalue weighted by Gasteiger charge is 2.59. The van der Waals surface area contributed by atoms with Gasteiger partial charge in [-0.25, -0.2) is 9.37 Å². The van der Waals surface area contributed by atoms with Crippen molar-refractivity contribution in [3.8, 4) is 0 Å². The van der Waals surface area contributed by atoms with Crippen molar-refractivity contribution in [2.75, 3.05) is 19.6 Å². The Bertz CT molecular complexity index is 986. The van der Waals surface area contributed by atoms with Crippen LogP contribution in [-0.4, -0.2) is 57.2 Å². The fourth-order valence-electron chi connectivity index (χ4n) is 3.96. The zero-order valence-electron chi connectivity index (χ0n) is 18.1. The number of halogens is 4. The van der Waals surface area contributed by atoms with Crippen LogP contribution in [0.2, 0.25) is 0 Å². The van der Waals surface area contributed by atoms with Gasteiger partial charge in [-0.2, -0.15) is 13.2 Å². The number of carbonyl (C=O) groups excluding carboxylic acids is 2. The van der Waals surface area contributed by atoms with Gasteiger partial charge in [-0.3, -0.25) is 9.59 Å². The highest BCUT2D eigenvalue weighted by Crippen LogP contribution is 2.41. The third-order valence-corrected chi connectivity index (χ3v) is 5.94. The molecule has 0 radical (unpaired) electrons. The summed E-state index contributed by atoms with van der Waals surface area (Å²) in [4.78, 5) is 29.8. The Morgan fingerprint density at radius 3 is 2.45 bits per heavy atom. The van der Waals surface area contributed by atoms with Gasteiger partial charge in [-0.15, -0.1) is 0 Å². The van der Waals surface area contributed by atoms with E-state index in [2.05, 4.69) is 10.3 Å². The quantitative estimate of drug-likeness (QED) is 0.608. The number of amides is 2. The number of imidazole rings is 1. The highest BCUT2D eigenvalue weighted by molar-refractivity contribution is 5.80. The molecule has 180 valence electrons. The molecule has 7 nitrogen and oxygen atoms in total. The first kappa shape index (κ1) is 24.7. The van der Waals surface area contributed by atoms with Gasteiger partial charge in [0.25, 0.3) is 0 Å². The predicted octanol–water partition coefficient (Wildman–Crippen LogP) is 2.30. The van der Waals surface area contributed by atoms with Gasteiger partial charge in [0.2, 0.25) is 17.4 Å². The van der Waals surface area contributed by atoms with Crippen molar-refractivity contribution in [3.63, 3.8) is 0 Å². The number of aryl methyl sites for hydroxylation is 1. The standard InChI is InChI=1S/C22H26F4N4O3/c1-29-13-10-28-20(29)21(33,22(24,25)26)14-18(31)30-11-7-16(8-12-30)19(32)27-9-6-15-4-2-3-5-17(15)23/h2-5,10,13,16,33H,6-9,11-12,14H2,1H3,(H,27,32). The second-order valence-electron chi connectivity index (χ2n) is 8.18. The monoisotopic (exact) mass is 470 g/mol. The van der Waals surface area contributed by atoms with E-state index in [4.69, 9.17) is 0 Å². The molecule has 2 aromatic rings. The second kappa shape index (κ2) is 9.90. The van der Waals surface area contributed by atoms with Crippen molar-refractivity contribution >= 4 is 11.8 Å². The lowest BCUT2D eigenvalue weighted by molar-refractivity contribution is -0.272. The van der Waals surface area contributed by atoms with Crippen molar-refractivity contribution in [2.45, 2.75) is 37.5 Å². The normalized spacial score (nSPS) is 17.0. The predicted molar refractivity (Wildman–Crippen MR) is 110 cm³/mol. The minimum atomic E-state index is -5.10. The Kier molecular flexibility index (Phi) is 7.41. The number of hydrogen-bond donors (Lipinski definition) is 2. The molecule has 2 amide bonds. The molecule has 1 unspecified atom stereocenters. The van der Waals surface area contributed by atoms with Crippen LogP contribution in [0.25, 0.3) is 0 Å². The van der Waals surface area contributed by atoms with Gasteiger partial charge in [0.1, 0.15) is 5.82 Å². The molecule has 0 bridgehead atoms. The molecule has 1 aliphatic heterocycles. The summed E-state index contributed by atoms with van der Waals surface area (Å²) in [6.07, 6.45) is -3.02. The van der Waals surface area contributed by atoms with Gasteiger partial charge in [0.15, 0.2) is 5.82 Å². The molecule has 1 aromatic carbocycles. The van der Waals surface area contributed by atoms with Crippen LogP contribution in [0.5, 0.6) is 0 Å². The number of rotatable bonds is 7. The van der Waals surface area contributed by atoms with Crippen molar-refractivity contribution in [1.82, 2.24) is 19.8 Å². The molecule has 1 fully saturated rings. The van der Waals surface area contributed by atoms with Gasteiger partial charge in [-0.05, 0) is 30.9 Å². The van der Waals surface area contributed by atoms with Crippen molar-refractivity contribution in [3.05, 3.63) is 53.9 Å². The maximum Gasteiger partial charge on any atom is 0.425 e. The molecular formula is C22H26F4N4O3. The lowest BCUT2D eigenvalue weighted by Gasteiger charge is -2.35. The van der Waals surface area contributed by atoms with E-state index in [1.165, 1.54) is 24.2 Å². The summed E-state index contributed by atoms with van der Waals surface area (Å²) < 4.78 is 55.6. The van der Waals surface area contributed by atoms with Crippen LogP contribution in [0.15, 0.2) is 36.7 Å². The largest absolute Gasteiger partial charge is 0.425 e. The molecule has 1 aliphatic rings. The molecule has 0 spiro atoms. The van der Waals surface area contributed by atoms with Crippen LogP contribution in [0.1, 0.15) is 30.7 Å². The number of carbonyl (C=O) groups is 2. The molecule has 0 saturated carbocycles. The van der Waals surface area contributed by atoms with Crippen LogP contribution >= 0.6 is 0 Å². The average molecular weight is 470 g/mol. The summed E-state index contributed by atoms with van der Waals surface area (Å²) in [5.74, 6) is -2.50. The Labute approximate surface area is 188 Å². The van der Waals surface area contributed by atoms with Gasteiger partial charge in [0.05, 0.1) is 6.42 Å². The molecule has 1 saturated heterocycles. The zero-order chi connectivity index (χ0) is 24.2. The van der Waals surface area contributed by atoms with Crippen molar-refractivity contribution in [2.24, 2.45) is 13.0 Å². The third kappa shape index (κ3) is 5.52. The molecule has 11 heteroatoms. The summed E-state index contributed by atoms with van der Waals surface area (Å²) in [6, 6.07) is 6.27. The van der Waals surface area contributed by atoms with E-state index in [0.717, 1.165) is 10.8 Å². The summed E-state index contributed by atoms with van der Waals surface area (Å²) in [6.45, 7) is 0.443. The van der Waals surface area contributed by atoms with E-state index in [-0.39, 0.29) is 44.2 Å².